The summed E-state index contributed by atoms with van der Waals surface area (Å²) in [4.78, 5) is 0.650. The smallest absolute Gasteiger partial charge is 0.157 e. The van der Waals surface area contributed by atoms with Gasteiger partial charge in [0.15, 0.2) is 5.75 Å². The SMILES string of the molecule is CCn1cc(OC2CC(Br)C23CCCCC3)cn1. The molecule has 0 bridgehead atoms. The van der Waals surface area contributed by atoms with Crippen LogP contribution in [0.15, 0.2) is 12.4 Å². The summed E-state index contributed by atoms with van der Waals surface area (Å²) >= 11 is 3.85. The molecule has 0 saturated heterocycles. The minimum Gasteiger partial charge on any atom is -0.486 e. The molecule has 0 N–H and O–H groups in total. The van der Waals surface area contributed by atoms with E-state index in [1.54, 1.807) is 0 Å². The van der Waals surface area contributed by atoms with Crippen LogP contribution in [0.1, 0.15) is 45.4 Å². The molecule has 4 heteroatoms. The molecule has 2 unspecified atom stereocenters. The molecule has 3 rings (SSSR count). The molecular formula is C14H21BrN2O. The van der Waals surface area contributed by atoms with Gasteiger partial charge in [0.1, 0.15) is 6.10 Å². The quantitative estimate of drug-likeness (QED) is 0.794. The largest absolute Gasteiger partial charge is 0.486 e. The second kappa shape index (κ2) is 4.87. The average Bonchev–Trinajstić information content (AvgIpc) is 2.87. The van der Waals surface area contributed by atoms with Gasteiger partial charge in [0.2, 0.25) is 0 Å². The molecule has 0 aliphatic heterocycles. The van der Waals surface area contributed by atoms with E-state index in [1.165, 1.54) is 32.1 Å². The van der Waals surface area contributed by atoms with Gasteiger partial charge in [0.05, 0.1) is 12.4 Å². The third kappa shape index (κ3) is 1.98. The van der Waals surface area contributed by atoms with Crippen molar-refractivity contribution < 1.29 is 4.74 Å². The molecule has 1 aromatic rings. The summed E-state index contributed by atoms with van der Waals surface area (Å²) in [6.45, 7) is 3.00. The van der Waals surface area contributed by atoms with E-state index in [4.69, 9.17) is 4.74 Å². The molecule has 2 aliphatic carbocycles. The summed E-state index contributed by atoms with van der Waals surface area (Å²) in [5.41, 5.74) is 0.395. The second-order valence-electron chi connectivity index (χ2n) is 5.64. The molecule has 3 nitrogen and oxygen atoms in total. The molecule has 0 radical (unpaired) electrons. The highest BCUT2D eigenvalue weighted by Gasteiger charge is 2.55. The number of aryl methyl sites for hydroxylation is 1. The first-order valence-corrected chi connectivity index (χ1v) is 7.99. The Morgan fingerprint density at radius 2 is 2.22 bits per heavy atom. The molecule has 1 aromatic heterocycles. The van der Waals surface area contributed by atoms with Crippen LogP contribution >= 0.6 is 15.9 Å². The first-order valence-electron chi connectivity index (χ1n) is 7.08. The Bertz CT molecular complexity index is 412. The van der Waals surface area contributed by atoms with Crippen molar-refractivity contribution in [1.82, 2.24) is 9.78 Å². The fourth-order valence-electron chi connectivity index (χ4n) is 3.45. The van der Waals surface area contributed by atoms with E-state index < -0.39 is 0 Å². The maximum Gasteiger partial charge on any atom is 0.157 e. The van der Waals surface area contributed by atoms with Crippen LogP contribution in [0.4, 0.5) is 0 Å². The summed E-state index contributed by atoms with van der Waals surface area (Å²) in [7, 11) is 0. The zero-order valence-electron chi connectivity index (χ0n) is 10.9. The first-order chi connectivity index (χ1) is 8.74. The molecule has 0 amide bonds. The fourth-order valence-corrected chi connectivity index (χ4v) is 4.54. The Balaban J connectivity index is 1.69. The Hall–Kier alpha value is -0.510. The van der Waals surface area contributed by atoms with E-state index in [-0.39, 0.29) is 0 Å². The number of hydrogen-bond donors (Lipinski definition) is 0. The number of rotatable bonds is 3. The van der Waals surface area contributed by atoms with Gasteiger partial charge < -0.3 is 4.74 Å². The molecular weight excluding hydrogens is 292 g/mol. The van der Waals surface area contributed by atoms with Crippen molar-refractivity contribution in [2.24, 2.45) is 5.41 Å². The van der Waals surface area contributed by atoms with Gasteiger partial charge >= 0.3 is 0 Å². The van der Waals surface area contributed by atoms with Crippen LogP contribution in [0.25, 0.3) is 0 Å². The topological polar surface area (TPSA) is 27.1 Å². The van der Waals surface area contributed by atoms with E-state index in [9.17, 15) is 0 Å². The summed E-state index contributed by atoms with van der Waals surface area (Å²) in [5.74, 6) is 0.936. The normalized spacial score (nSPS) is 30.1. The minimum absolute atomic E-state index is 0.386. The molecule has 2 atom stereocenters. The van der Waals surface area contributed by atoms with Gasteiger partial charge in [0.25, 0.3) is 0 Å². The summed E-state index contributed by atoms with van der Waals surface area (Å²) in [5, 5.41) is 4.28. The summed E-state index contributed by atoms with van der Waals surface area (Å²) in [6.07, 6.45) is 12.1. The molecule has 1 spiro atoms. The van der Waals surface area contributed by atoms with Gasteiger partial charge in [-0.2, -0.15) is 5.10 Å². The fraction of sp³-hybridized carbons (Fsp3) is 0.786. The van der Waals surface area contributed by atoms with Gasteiger partial charge in [-0.15, -0.1) is 0 Å². The van der Waals surface area contributed by atoms with E-state index in [0.717, 1.165) is 18.7 Å². The Kier molecular flexibility index (Phi) is 3.39. The first kappa shape index (κ1) is 12.5. The van der Waals surface area contributed by atoms with E-state index in [0.29, 0.717) is 16.3 Å². The molecule has 2 fully saturated rings. The maximum atomic E-state index is 6.18. The second-order valence-corrected chi connectivity index (χ2v) is 6.74. The molecule has 100 valence electrons. The lowest BCUT2D eigenvalue weighted by atomic mass is 9.58. The van der Waals surface area contributed by atoms with Crippen molar-refractivity contribution in [2.75, 3.05) is 0 Å². The number of ether oxygens (including phenoxy) is 1. The van der Waals surface area contributed by atoms with Crippen molar-refractivity contribution in [1.29, 1.82) is 0 Å². The van der Waals surface area contributed by atoms with Gasteiger partial charge in [-0.25, -0.2) is 0 Å². The van der Waals surface area contributed by atoms with Crippen LogP contribution in [-0.2, 0) is 6.54 Å². The summed E-state index contributed by atoms with van der Waals surface area (Å²) in [6, 6.07) is 0. The number of halogens is 1. The third-order valence-electron chi connectivity index (χ3n) is 4.68. The van der Waals surface area contributed by atoms with Gasteiger partial charge in [-0.3, -0.25) is 4.68 Å². The predicted octanol–water partition coefficient (Wildman–Crippen LogP) is 3.77. The maximum absolute atomic E-state index is 6.18. The zero-order valence-corrected chi connectivity index (χ0v) is 12.5. The van der Waals surface area contributed by atoms with Crippen molar-refractivity contribution in [3.8, 4) is 5.75 Å². The number of alkyl halides is 1. The molecule has 18 heavy (non-hydrogen) atoms. The molecule has 2 aliphatic rings. The highest BCUT2D eigenvalue weighted by Crippen LogP contribution is 2.56. The van der Waals surface area contributed by atoms with E-state index in [2.05, 4.69) is 28.0 Å². The lowest BCUT2D eigenvalue weighted by Gasteiger charge is -2.55. The van der Waals surface area contributed by atoms with Gasteiger partial charge in [-0.1, -0.05) is 35.2 Å². The van der Waals surface area contributed by atoms with Crippen molar-refractivity contribution >= 4 is 15.9 Å². The van der Waals surface area contributed by atoms with Crippen LogP contribution in [0, 0.1) is 5.41 Å². The Morgan fingerprint density at radius 3 is 2.83 bits per heavy atom. The summed E-state index contributed by atoms with van der Waals surface area (Å²) < 4.78 is 8.11. The molecule has 0 aromatic carbocycles. The van der Waals surface area contributed by atoms with Crippen LogP contribution < -0.4 is 4.74 Å². The van der Waals surface area contributed by atoms with Crippen molar-refractivity contribution in [3.63, 3.8) is 0 Å². The lowest BCUT2D eigenvalue weighted by Crippen LogP contribution is -2.57. The number of nitrogens with zero attached hydrogens (tertiary/aromatic N) is 2. The highest BCUT2D eigenvalue weighted by atomic mass is 79.9. The number of aromatic nitrogens is 2. The van der Waals surface area contributed by atoms with Gasteiger partial charge in [0, 0.05) is 16.8 Å². The van der Waals surface area contributed by atoms with Crippen LogP contribution in [0.5, 0.6) is 5.75 Å². The predicted molar refractivity (Wildman–Crippen MR) is 75.2 cm³/mol. The standard InChI is InChI=1S/C14H21BrN2O/c1-2-17-10-11(9-16-17)18-13-8-12(15)14(13)6-4-3-5-7-14/h9-10,12-13H,2-8H2,1H3. The van der Waals surface area contributed by atoms with Crippen LogP contribution in [0.3, 0.4) is 0 Å². The number of hydrogen-bond acceptors (Lipinski definition) is 2. The van der Waals surface area contributed by atoms with Crippen LogP contribution in [0.2, 0.25) is 0 Å². The third-order valence-corrected chi connectivity index (χ3v) is 5.97. The van der Waals surface area contributed by atoms with Crippen molar-refractivity contribution in [3.05, 3.63) is 12.4 Å². The molecule has 2 saturated carbocycles. The Labute approximate surface area is 117 Å². The molecule has 1 heterocycles. The van der Waals surface area contributed by atoms with E-state index >= 15 is 0 Å². The minimum atomic E-state index is 0.386. The lowest BCUT2D eigenvalue weighted by molar-refractivity contribution is -0.0601. The monoisotopic (exact) mass is 312 g/mol. The van der Waals surface area contributed by atoms with Crippen molar-refractivity contribution in [2.45, 2.75) is 62.9 Å². The van der Waals surface area contributed by atoms with Crippen LogP contribution in [-0.4, -0.2) is 20.7 Å². The van der Waals surface area contributed by atoms with Gasteiger partial charge in [-0.05, 0) is 26.2 Å². The van der Waals surface area contributed by atoms with E-state index in [1.807, 2.05) is 17.1 Å². The average molecular weight is 313 g/mol. The highest BCUT2D eigenvalue weighted by molar-refractivity contribution is 9.09. The zero-order chi connectivity index (χ0) is 12.6. The Morgan fingerprint density at radius 1 is 1.44 bits per heavy atom.